The number of aromatic nitrogens is 1. The number of rotatable bonds is 5. The number of methoxy groups -OCH3 is 1. The molecule has 0 unspecified atom stereocenters. The molecule has 152 valence electrons. The van der Waals surface area contributed by atoms with E-state index in [4.69, 9.17) is 16.3 Å². The molecule has 0 aliphatic carbocycles. The van der Waals surface area contributed by atoms with Crippen molar-refractivity contribution in [1.29, 1.82) is 0 Å². The second kappa shape index (κ2) is 8.35. The molecule has 0 spiro atoms. The van der Waals surface area contributed by atoms with Crippen LogP contribution in [0.4, 0.5) is 5.69 Å². The third kappa shape index (κ3) is 3.72. The zero-order chi connectivity index (χ0) is 21.3. The first-order valence-electron chi connectivity index (χ1n) is 9.02. The van der Waals surface area contributed by atoms with Gasteiger partial charge < -0.3 is 9.30 Å². The highest BCUT2D eigenvalue weighted by molar-refractivity contribution is 7.17. The van der Waals surface area contributed by atoms with Gasteiger partial charge in [-0.3, -0.25) is 14.9 Å². The summed E-state index contributed by atoms with van der Waals surface area (Å²) >= 11 is 7.50. The monoisotopic (exact) mass is 441 g/mol. The summed E-state index contributed by atoms with van der Waals surface area (Å²) in [6.07, 6.45) is 0. The molecule has 1 aromatic heterocycles. The Morgan fingerprint density at radius 3 is 2.80 bits per heavy atom. The van der Waals surface area contributed by atoms with Gasteiger partial charge in [0, 0.05) is 31.2 Å². The summed E-state index contributed by atoms with van der Waals surface area (Å²) in [7, 11) is 1.61. The lowest BCUT2D eigenvalue weighted by Crippen LogP contribution is -2.19. The van der Waals surface area contributed by atoms with Gasteiger partial charge >= 0.3 is 0 Å². The normalized spacial score (nSPS) is 12.0. The van der Waals surface area contributed by atoms with Crippen LogP contribution in [-0.4, -0.2) is 29.1 Å². The van der Waals surface area contributed by atoms with Crippen molar-refractivity contribution in [2.24, 2.45) is 4.99 Å². The molecule has 4 rings (SSSR count). The molecule has 0 aliphatic heterocycles. The predicted molar refractivity (Wildman–Crippen MR) is 117 cm³/mol. The van der Waals surface area contributed by atoms with E-state index >= 15 is 0 Å². The standard InChI is InChI=1S/C21H16ClN3O4S/c1-29-11-10-24-18-9-6-13-4-2-3-5-15(13)19(18)30-21(24)23-20(26)16-12-14(25(27)28)7-8-17(16)22/h2-9,12H,10-11H2,1H3. The third-order valence-electron chi connectivity index (χ3n) is 4.68. The van der Waals surface area contributed by atoms with E-state index in [-0.39, 0.29) is 16.3 Å². The molecule has 30 heavy (non-hydrogen) atoms. The predicted octanol–water partition coefficient (Wildman–Crippen LogP) is 4.81. The van der Waals surface area contributed by atoms with Crippen LogP contribution in [0.25, 0.3) is 21.0 Å². The second-order valence-corrected chi connectivity index (χ2v) is 7.89. The van der Waals surface area contributed by atoms with Gasteiger partial charge in [-0.2, -0.15) is 4.99 Å². The maximum Gasteiger partial charge on any atom is 0.281 e. The SMILES string of the molecule is COCCn1c(=NC(=O)c2cc([N+](=O)[O-])ccc2Cl)sc2c3ccccc3ccc21. The lowest BCUT2D eigenvalue weighted by Gasteiger charge is -2.05. The minimum absolute atomic E-state index is 0.00790. The Hall–Kier alpha value is -3.07. The lowest BCUT2D eigenvalue weighted by atomic mass is 10.1. The average Bonchev–Trinajstić information content (AvgIpc) is 3.09. The molecule has 0 saturated carbocycles. The van der Waals surface area contributed by atoms with Gasteiger partial charge in [-0.15, -0.1) is 0 Å². The Kier molecular flexibility index (Phi) is 5.63. The maximum atomic E-state index is 12.9. The van der Waals surface area contributed by atoms with Gasteiger partial charge in [0.25, 0.3) is 11.6 Å². The number of non-ortho nitro benzene ring substituents is 1. The fraction of sp³-hybridized carbons (Fsp3) is 0.143. The number of carbonyl (C=O) groups is 1. The number of halogens is 1. The van der Waals surface area contributed by atoms with E-state index in [1.807, 2.05) is 41.0 Å². The molecule has 0 bridgehead atoms. The molecule has 1 amide bonds. The molecule has 0 atom stereocenters. The van der Waals surface area contributed by atoms with Crippen LogP contribution in [0.3, 0.4) is 0 Å². The van der Waals surface area contributed by atoms with Crippen molar-refractivity contribution in [3.63, 3.8) is 0 Å². The highest BCUT2D eigenvalue weighted by Gasteiger charge is 2.17. The number of nitrogens with zero attached hydrogens (tertiary/aromatic N) is 3. The van der Waals surface area contributed by atoms with Gasteiger partial charge in [0.05, 0.1) is 32.3 Å². The van der Waals surface area contributed by atoms with E-state index in [0.29, 0.717) is 18.0 Å². The number of thiazole rings is 1. The van der Waals surface area contributed by atoms with Gasteiger partial charge in [-0.1, -0.05) is 53.3 Å². The first-order valence-corrected chi connectivity index (χ1v) is 10.2. The van der Waals surface area contributed by atoms with Gasteiger partial charge in [0.1, 0.15) is 0 Å². The van der Waals surface area contributed by atoms with Crippen molar-refractivity contribution in [1.82, 2.24) is 4.57 Å². The largest absolute Gasteiger partial charge is 0.383 e. The number of ether oxygens (including phenoxy) is 1. The van der Waals surface area contributed by atoms with Crippen molar-refractivity contribution in [2.75, 3.05) is 13.7 Å². The minimum atomic E-state index is -0.634. The fourth-order valence-corrected chi connectivity index (χ4v) is 4.61. The van der Waals surface area contributed by atoms with Crippen LogP contribution in [-0.2, 0) is 11.3 Å². The number of benzene rings is 3. The minimum Gasteiger partial charge on any atom is -0.383 e. The smallest absolute Gasteiger partial charge is 0.281 e. The second-order valence-electron chi connectivity index (χ2n) is 6.50. The average molecular weight is 442 g/mol. The molecule has 9 heteroatoms. The van der Waals surface area contributed by atoms with Crippen molar-refractivity contribution in [3.8, 4) is 0 Å². The van der Waals surface area contributed by atoms with Crippen LogP contribution < -0.4 is 4.80 Å². The van der Waals surface area contributed by atoms with Gasteiger partial charge in [-0.25, -0.2) is 0 Å². The van der Waals surface area contributed by atoms with Crippen molar-refractivity contribution >= 4 is 55.5 Å². The Morgan fingerprint density at radius 1 is 1.23 bits per heavy atom. The van der Waals surface area contributed by atoms with Gasteiger partial charge in [-0.05, 0) is 17.5 Å². The fourth-order valence-electron chi connectivity index (χ4n) is 3.22. The molecule has 0 fully saturated rings. The molecule has 3 aromatic carbocycles. The number of fused-ring (bicyclic) bond motifs is 3. The van der Waals surface area contributed by atoms with Crippen molar-refractivity contribution in [3.05, 3.63) is 80.1 Å². The molecule has 0 aliphatic rings. The van der Waals surface area contributed by atoms with E-state index in [0.717, 1.165) is 27.1 Å². The molecule has 1 heterocycles. The Bertz CT molecular complexity index is 1360. The van der Waals surface area contributed by atoms with Crippen LogP contribution in [0.1, 0.15) is 10.4 Å². The number of hydrogen-bond acceptors (Lipinski definition) is 5. The number of nitro groups is 1. The van der Waals surface area contributed by atoms with Crippen LogP contribution in [0.2, 0.25) is 5.02 Å². The van der Waals surface area contributed by atoms with Crippen LogP contribution in [0.5, 0.6) is 0 Å². The van der Waals surface area contributed by atoms with E-state index in [2.05, 4.69) is 4.99 Å². The van der Waals surface area contributed by atoms with Crippen LogP contribution >= 0.6 is 22.9 Å². The molecule has 0 N–H and O–H groups in total. The highest BCUT2D eigenvalue weighted by atomic mass is 35.5. The number of hydrogen-bond donors (Lipinski definition) is 0. The first-order chi connectivity index (χ1) is 14.5. The quantitative estimate of drug-likeness (QED) is 0.328. The summed E-state index contributed by atoms with van der Waals surface area (Å²) in [5.41, 5.74) is 0.714. The number of amides is 1. The molecular weight excluding hydrogens is 426 g/mol. The Morgan fingerprint density at radius 2 is 2.03 bits per heavy atom. The number of nitro benzene ring substituents is 1. The van der Waals surface area contributed by atoms with Gasteiger partial charge in [0.15, 0.2) is 4.80 Å². The zero-order valence-corrected chi connectivity index (χ0v) is 17.4. The summed E-state index contributed by atoms with van der Waals surface area (Å²) in [6, 6.07) is 15.7. The number of carbonyl (C=O) groups excluding carboxylic acids is 1. The van der Waals surface area contributed by atoms with E-state index in [1.54, 1.807) is 7.11 Å². The first kappa shape index (κ1) is 20.2. The molecule has 7 nitrogen and oxygen atoms in total. The summed E-state index contributed by atoms with van der Waals surface area (Å²) in [4.78, 5) is 28.1. The van der Waals surface area contributed by atoms with Crippen LogP contribution in [0.15, 0.2) is 59.6 Å². The van der Waals surface area contributed by atoms with E-state index in [9.17, 15) is 14.9 Å². The Labute approximate surface area is 180 Å². The highest BCUT2D eigenvalue weighted by Crippen LogP contribution is 2.28. The van der Waals surface area contributed by atoms with Crippen molar-refractivity contribution < 1.29 is 14.5 Å². The summed E-state index contributed by atoms with van der Waals surface area (Å²) in [5.74, 6) is -0.634. The molecule has 4 aromatic rings. The van der Waals surface area contributed by atoms with E-state index in [1.165, 1.54) is 23.5 Å². The zero-order valence-electron chi connectivity index (χ0n) is 15.9. The summed E-state index contributed by atoms with van der Waals surface area (Å²) < 4.78 is 8.14. The van der Waals surface area contributed by atoms with Crippen LogP contribution in [0, 0.1) is 10.1 Å². The topological polar surface area (TPSA) is 86.7 Å². The third-order valence-corrected chi connectivity index (χ3v) is 6.14. The maximum absolute atomic E-state index is 12.9. The molecule has 0 radical (unpaired) electrons. The van der Waals surface area contributed by atoms with Gasteiger partial charge in [0.2, 0.25) is 0 Å². The molecular formula is C21H16ClN3O4S. The van der Waals surface area contributed by atoms with E-state index < -0.39 is 10.8 Å². The lowest BCUT2D eigenvalue weighted by molar-refractivity contribution is -0.384. The van der Waals surface area contributed by atoms with Crippen molar-refractivity contribution in [2.45, 2.75) is 6.54 Å². The molecule has 0 saturated heterocycles. The Balaban J connectivity index is 1.91. The summed E-state index contributed by atoms with van der Waals surface area (Å²) in [6.45, 7) is 0.946. The summed E-state index contributed by atoms with van der Waals surface area (Å²) in [5, 5.41) is 13.3.